The maximum absolute atomic E-state index is 12.9. The number of halogens is 1. The van der Waals surface area contributed by atoms with Gasteiger partial charge in [0.2, 0.25) is 0 Å². The SMILES string of the molecule is [2H]c1c(OC)cc(Br)c2c1N(C(=O)OC(C)(C)C)CC2c1ccc(OC)cc1. The number of hydrogen-bond acceptors (Lipinski definition) is 4. The van der Waals surface area contributed by atoms with E-state index in [9.17, 15) is 4.79 Å². The van der Waals surface area contributed by atoms with Crippen LogP contribution in [0.25, 0.3) is 0 Å². The second-order valence-electron chi connectivity index (χ2n) is 7.36. The fraction of sp³-hybridized carbons (Fsp3) is 0.381. The number of ether oxygens (including phenoxy) is 3. The fourth-order valence-corrected chi connectivity index (χ4v) is 3.81. The number of hydrogen-bond donors (Lipinski definition) is 0. The number of rotatable bonds is 3. The molecule has 2 aromatic rings. The molecule has 2 aromatic carbocycles. The molecule has 0 fully saturated rings. The molecule has 0 saturated heterocycles. The van der Waals surface area contributed by atoms with E-state index in [0.29, 0.717) is 18.0 Å². The third kappa shape index (κ3) is 4.05. The summed E-state index contributed by atoms with van der Waals surface area (Å²) in [5, 5.41) is 0. The number of amides is 1. The molecule has 0 N–H and O–H groups in total. The van der Waals surface area contributed by atoms with Gasteiger partial charge in [0.15, 0.2) is 0 Å². The molecule has 3 rings (SSSR count). The average molecular weight is 435 g/mol. The molecule has 5 nitrogen and oxygen atoms in total. The van der Waals surface area contributed by atoms with Crippen LogP contribution in [0.4, 0.5) is 10.5 Å². The molecule has 144 valence electrons. The van der Waals surface area contributed by atoms with Crippen molar-refractivity contribution in [3.63, 3.8) is 0 Å². The standard InChI is InChI=1S/C21H24BrNO4/c1-21(2,3)27-20(24)23-12-16(13-6-8-14(25-4)9-7-13)19-17(22)10-15(26-5)11-18(19)23/h6-11,16H,12H2,1-5H3/i11D. The van der Waals surface area contributed by atoms with Crippen molar-refractivity contribution in [2.75, 3.05) is 25.7 Å². The monoisotopic (exact) mass is 434 g/mol. The Morgan fingerprint density at radius 3 is 2.37 bits per heavy atom. The van der Waals surface area contributed by atoms with Gasteiger partial charge in [-0.1, -0.05) is 28.1 Å². The summed E-state index contributed by atoms with van der Waals surface area (Å²) in [5.41, 5.74) is 1.79. The van der Waals surface area contributed by atoms with Gasteiger partial charge in [-0.05, 0) is 50.1 Å². The smallest absolute Gasteiger partial charge is 0.414 e. The topological polar surface area (TPSA) is 48.0 Å². The summed E-state index contributed by atoms with van der Waals surface area (Å²) in [7, 11) is 3.14. The van der Waals surface area contributed by atoms with Crippen LogP contribution in [0.5, 0.6) is 11.5 Å². The number of methoxy groups -OCH3 is 2. The molecular weight excluding hydrogens is 410 g/mol. The van der Waals surface area contributed by atoms with E-state index >= 15 is 0 Å². The summed E-state index contributed by atoms with van der Waals surface area (Å²) in [5.74, 6) is 1.06. The number of benzene rings is 2. The molecule has 0 radical (unpaired) electrons. The normalized spacial score (nSPS) is 16.6. The maximum Gasteiger partial charge on any atom is 0.414 e. The average Bonchev–Trinajstić information content (AvgIpc) is 3.05. The summed E-state index contributed by atoms with van der Waals surface area (Å²) < 4.78 is 25.6. The lowest BCUT2D eigenvalue weighted by atomic mass is 9.93. The Morgan fingerprint density at radius 2 is 1.81 bits per heavy atom. The Labute approximate surface area is 169 Å². The zero-order chi connectivity index (χ0) is 20.6. The van der Waals surface area contributed by atoms with Gasteiger partial charge in [-0.2, -0.15) is 0 Å². The highest BCUT2D eigenvalue weighted by Gasteiger charge is 2.37. The fourth-order valence-electron chi connectivity index (χ4n) is 3.14. The molecule has 27 heavy (non-hydrogen) atoms. The zero-order valence-corrected chi connectivity index (χ0v) is 17.7. The molecule has 0 aromatic heterocycles. The maximum atomic E-state index is 12.9. The van der Waals surface area contributed by atoms with E-state index in [1.165, 1.54) is 12.0 Å². The zero-order valence-electron chi connectivity index (χ0n) is 17.1. The predicted octanol–water partition coefficient (Wildman–Crippen LogP) is 5.35. The van der Waals surface area contributed by atoms with E-state index in [1.807, 2.05) is 45.0 Å². The highest BCUT2D eigenvalue weighted by Crippen LogP contribution is 2.46. The lowest BCUT2D eigenvalue weighted by Crippen LogP contribution is -2.36. The van der Waals surface area contributed by atoms with Crippen LogP contribution in [-0.2, 0) is 4.74 Å². The van der Waals surface area contributed by atoms with Crippen LogP contribution in [0.15, 0.2) is 40.8 Å². The minimum absolute atomic E-state index is 0.0993. The second-order valence-corrected chi connectivity index (χ2v) is 8.22. The first-order chi connectivity index (χ1) is 13.2. The van der Waals surface area contributed by atoms with Gasteiger partial charge < -0.3 is 14.2 Å². The van der Waals surface area contributed by atoms with Crippen molar-refractivity contribution in [3.8, 4) is 11.5 Å². The van der Waals surface area contributed by atoms with Crippen molar-refractivity contribution in [2.45, 2.75) is 32.3 Å². The number of nitrogens with zero attached hydrogens (tertiary/aromatic N) is 1. The minimum atomic E-state index is -0.631. The molecule has 1 heterocycles. The lowest BCUT2D eigenvalue weighted by Gasteiger charge is -2.25. The van der Waals surface area contributed by atoms with Crippen LogP contribution in [0, 0.1) is 0 Å². The molecule has 0 saturated carbocycles. The molecule has 0 spiro atoms. The quantitative estimate of drug-likeness (QED) is 0.652. The van der Waals surface area contributed by atoms with Gasteiger partial charge in [0, 0.05) is 23.0 Å². The van der Waals surface area contributed by atoms with E-state index in [-0.39, 0.29) is 12.0 Å². The van der Waals surface area contributed by atoms with Gasteiger partial charge in [-0.15, -0.1) is 0 Å². The molecule has 1 aliphatic heterocycles. The van der Waals surface area contributed by atoms with E-state index in [1.54, 1.807) is 13.2 Å². The van der Waals surface area contributed by atoms with E-state index in [4.69, 9.17) is 15.6 Å². The van der Waals surface area contributed by atoms with Crippen molar-refractivity contribution in [1.29, 1.82) is 0 Å². The van der Waals surface area contributed by atoms with Crippen molar-refractivity contribution in [1.82, 2.24) is 0 Å². The number of carbonyl (C=O) groups is 1. The summed E-state index contributed by atoms with van der Waals surface area (Å²) >= 11 is 3.61. The Morgan fingerprint density at radius 1 is 1.19 bits per heavy atom. The van der Waals surface area contributed by atoms with Gasteiger partial charge in [0.25, 0.3) is 0 Å². The van der Waals surface area contributed by atoms with Crippen molar-refractivity contribution in [3.05, 3.63) is 52.0 Å². The van der Waals surface area contributed by atoms with Gasteiger partial charge in [0.1, 0.15) is 17.1 Å². The molecule has 1 aliphatic rings. The number of anilines is 1. The summed E-state index contributed by atoms with van der Waals surface area (Å²) in [6.45, 7) is 5.86. The lowest BCUT2D eigenvalue weighted by molar-refractivity contribution is 0.0583. The van der Waals surface area contributed by atoms with Crippen molar-refractivity contribution >= 4 is 27.7 Å². The Balaban J connectivity index is 2.12. The third-order valence-corrected chi connectivity index (χ3v) is 5.00. The van der Waals surface area contributed by atoms with Gasteiger partial charge >= 0.3 is 6.09 Å². The summed E-state index contributed by atoms with van der Waals surface area (Å²) in [6.07, 6.45) is -0.474. The molecule has 6 heteroatoms. The van der Waals surface area contributed by atoms with Crippen LogP contribution in [0.3, 0.4) is 0 Å². The van der Waals surface area contributed by atoms with E-state index in [2.05, 4.69) is 15.9 Å². The minimum Gasteiger partial charge on any atom is -0.497 e. The number of carbonyl (C=O) groups excluding carboxylic acids is 1. The largest absolute Gasteiger partial charge is 0.497 e. The molecular formula is C21H24BrNO4. The Kier molecular flexibility index (Phi) is 5.00. The Bertz CT molecular complexity index is 893. The molecule has 1 atom stereocenters. The van der Waals surface area contributed by atoms with Gasteiger partial charge in [-0.3, -0.25) is 4.90 Å². The number of fused-ring (bicyclic) bond motifs is 1. The highest BCUT2D eigenvalue weighted by molar-refractivity contribution is 9.10. The predicted molar refractivity (Wildman–Crippen MR) is 109 cm³/mol. The first-order valence-electron chi connectivity index (χ1n) is 9.17. The van der Waals surface area contributed by atoms with Crippen molar-refractivity contribution in [2.24, 2.45) is 0 Å². The van der Waals surface area contributed by atoms with Gasteiger partial charge in [-0.25, -0.2) is 4.79 Å². The third-order valence-electron chi connectivity index (χ3n) is 4.35. The highest BCUT2D eigenvalue weighted by atomic mass is 79.9. The van der Waals surface area contributed by atoms with Crippen LogP contribution in [0.1, 0.15) is 39.2 Å². The van der Waals surface area contributed by atoms with Crippen LogP contribution < -0.4 is 14.4 Å². The summed E-state index contributed by atoms with van der Waals surface area (Å²) in [6, 6.07) is 9.69. The summed E-state index contributed by atoms with van der Waals surface area (Å²) in [4.78, 5) is 14.4. The molecule has 1 amide bonds. The van der Waals surface area contributed by atoms with E-state index in [0.717, 1.165) is 21.3 Å². The molecule has 1 unspecified atom stereocenters. The first kappa shape index (κ1) is 18.2. The molecule has 0 aliphatic carbocycles. The van der Waals surface area contributed by atoms with Crippen molar-refractivity contribution < 1.29 is 20.4 Å². The Hall–Kier alpha value is -2.21. The van der Waals surface area contributed by atoms with Crippen LogP contribution in [0.2, 0.25) is 0 Å². The van der Waals surface area contributed by atoms with Crippen LogP contribution in [-0.4, -0.2) is 32.5 Å². The first-order valence-corrected chi connectivity index (χ1v) is 9.47. The van der Waals surface area contributed by atoms with Crippen LogP contribution >= 0.6 is 15.9 Å². The second kappa shape index (κ2) is 7.43. The van der Waals surface area contributed by atoms with E-state index < -0.39 is 11.7 Å². The van der Waals surface area contributed by atoms with Gasteiger partial charge in [0.05, 0.1) is 21.3 Å². The molecule has 0 bridgehead atoms.